The van der Waals surface area contributed by atoms with Crippen molar-refractivity contribution in [1.82, 2.24) is 9.55 Å². The molecule has 0 spiro atoms. The Balaban J connectivity index is 2.40. The molecule has 2 aromatic carbocycles. The summed E-state index contributed by atoms with van der Waals surface area (Å²) in [5.41, 5.74) is 2.88. The second-order valence-electron chi connectivity index (χ2n) is 4.35. The molecular weight excluding hydrogens is 283 g/mol. The second-order valence-corrected chi connectivity index (χ2v) is 5.15. The van der Waals surface area contributed by atoms with Gasteiger partial charge in [0.2, 0.25) is 0 Å². The number of imidazole rings is 1. The first-order valence-electron chi connectivity index (χ1n) is 5.73. The van der Waals surface area contributed by atoms with E-state index in [0.29, 0.717) is 20.8 Å². The lowest BCUT2D eigenvalue weighted by molar-refractivity contribution is 0.637. The van der Waals surface area contributed by atoms with Gasteiger partial charge in [0.05, 0.1) is 16.2 Å². The van der Waals surface area contributed by atoms with Gasteiger partial charge >= 0.3 is 0 Å². The van der Waals surface area contributed by atoms with Gasteiger partial charge in [-0.05, 0) is 49.0 Å². The molecule has 0 radical (unpaired) electrons. The highest BCUT2D eigenvalue weighted by Crippen LogP contribution is 2.27. The van der Waals surface area contributed by atoms with Crippen molar-refractivity contribution < 1.29 is 4.39 Å². The number of hydrogen-bond donors (Lipinski definition) is 1. The van der Waals surface area contributed by atoms with Gasteiger partial charge < -0.3 is 4.98 Å². The predicted molar refractivity (Wildman–Crippen MR) is 78.2 cm³/mol. The van der Waals surface area contributed by atoms with E-state index < -0.39 is 0 Å². The average Bonchev–Trinajstić information content (AvgIpc) is 2.68. The van der Waals surface area contributed by atoms with Gasteiger partial charge in [-0.1, -0.05) is 23.7 Å². The Bertz CT molecular complexity index is 835. The van der Waals surface area contributed by atoms with Crippen molar-refractivity contribution in [3.63, 3.8) is 0 Å². The molecule has 0 unspecified atom stereocenters. The molecule has 1 aromatic heterocycles. The van der Waals surface area contributed by atoms with Gasteiger partial charge in [-0.2, -0.15) is 0 Å². The molecule has 0 aliphatic rings. The van der Waals surface area contributed by atoms with Crippen LogP contribution in [0.1, 0.15) is 5.56 Å². The molecule has 0 bridgehead atoms. The van der Waals surface area contributed by atoms with E-state index in [-0.39, 0.29) is 5.82 Å². The number of rotatable bonds is 1. The Hall–Kier alpha value is -1.65. The van der Waals surface area contributed by atoms with Crippen molar-refractivity contribution in [1.29, 1.82) is 0 Å². The van der Waals surface area contributed by atoms with Crippen LogP contribution in [0.15, 0.2) is 36.4 Å². The number of halogens is 2. The summed E-state index contributed by atoms with van der Waals surface area (Å²) >= 11 is 11.5. The highest BCUT2D eigenvalue weighted by atomic mass is 35.5. The van der Waals surface area contributed by atoms with Crippen molar-refractivity contribution in [2.24, 2.45) is 0 Å². The first-order valence-corrected chi connectivity index (χ1v) is 6.52. The largest absolute Gasteiger partial charge is 0.328 e. The van der Waals surface area contributed by atoms with Crippen LogP contribution in [0.3, 0.4) is 0 Å². The molecule has 96 valence electrons. The molecule has 0 aliphatic carbocycles. The summed E-state index contributed by atoms with van der Waals surface area (Å²) in [4.78, 5) is 2.88. The van der Waals surface area contributed by atoms with Gasteiger partial charge in [0.1, 0.15) is 11.3 Å². The Kier molecular flexibility index (Phi) is 2.92. The number of H-pyrrole nitrogens is 1. The van der Waals surface area contributed by atoms with Gasteiger partial charge in [-0.25, -0.2) is 4.39 Å². The minimum atomic E-state index is -0.328. The highest BCUT2D eigenvalue weighted by molar-refractivity contribution is 7.71. The van der Waals surface area contributed by atoms with E-state index in [1.807, 2.05) is 25.1 Å². The summed E-state index contributed by atoms with van der Waals surface area (Å²) in [6, 6.07) is 10.5. The molecule has 0 atom stereocenters. The maximum absolute atomic E-state index is 13.7. The van der Waals surface area contributed by atoms with Crippen LogP contribution in [0.2, 0.25) is 5.02 Å². The van der Waals surface area contributed by atoms with E-state index in [2.05, 4.69) is 4.98 Å². The molecule has 0 aliphatic heterocycles. The molecule has 2 nitrogen and oxygen atoms in total. The predicted octanol–water partition coefficient (Wildman–Crippen LogP) is 4.79. The molecule has 1 heterocycles. The smallest absolute Gasteiger partial charge is 0.182 e. The summed E-state index contributed by atoms with van der Waals surface area (Å²) in [6.07, 6.45) is 0. The highest BCUT2D eigenvalue weighted by Gasteiger charge is 2.11. The molecular formula is C14H10ClFN2S. The van der Waals surface area contributed by atoms with Gasteiger partial charge in [-0.15, -0.1) is 0 Å². The fourth-order valence-electron chi connectivity index (χ4n) is 2.13. The maximum Gasteiger partial charge on any atom is 0.182 e. The van der Waals surface area contributed by atoms with Gasteiger partial charge in [-0.3, -0.25) is 4.57 Å². The molecule has 3 rings (SSSR count). The number of fused-ring (bicyclic) bond motifs is 1. The van der Waals surface area contributed by atoms with Crippen LogP contribution < -0.4 is 0 Å². The lowest BCUT2D eigenvalue weighted by atomic mass is 10.2. The number of nitrogens with one attached hydrogen (secondary N) is 1. The zero-order valence-electron chi connectivity index (χ0n) is 10.1. The molecule has 0 saturated heterocycles. The van der Waals surface area contributed by atoms with E-state index in [4.69, 9.17) is 23.8 Å². The van der Waals surface area contributed by atoms with Gasteiger partial charge in [0.15, 0.2) is 4.77 Å². The zero-order valence-corrected chi connectivity index (χ0v) is 11.6. The third-order valence-corrected chi connectivity index (χ3v) is 3.60. The molecule has 0 amide bonds. The van der Waals surface area contributed by atoms with Crippen LogP contribution in [0, 0.1) is 17.5 Å². The Morgan fingerprint density at radius 2 is 2.05 bits per heavy atom. The Morgan fingerprint density at radius 1 is 1.26 bits per heavy atom. The van der Waals surface area contributed by atoms with E-state index in [1.54, 1.807) is 16.7 Å². The lowest BCUT2D eigenvalue weighted by Crippen LogP contribution is -1.95. The average molecular weight is 293 g/mol. The number of hydrogen-bond acceptors (Lipinski definition) is 1. The number of para-hydroxylation sites is 1. The molecule has 1 N–H and O–H groups in total. The summed E-state index contributed by atoms with van der Waals surface area (Å²) in [5.74, 6) is -0.328. The van der Waals surface area contributed by atoms with Crippen LogP contribution in [-0.2, 0) is 0 Å². The van der Waals surface area contributed by atoms with Crippen molar-refractivity contribution in [3.8, 4) is 5.69 Å². The minimum absolute atomic E-state index is 0.328. The SMILES string of the molecule is Cc1ccc(-n2c(=S)[nH]c3c(F)cccc32)c(Cl)c1. The molecule has 3 aromatic rings. The number of benzene rings is 2. The summed E-state index contributed by atoms with van der Waals surface area (Å²) in [6.45, 7) is 1.96. The number of aromatic nitrogens is 2. The number of aryl methyl sites for hydroxylation is 1. The standard InChI is InChI=1S/C14H10ClFN2S/c1-8-5-6-11(9(15)7-8)18-12-4-2-3-10(16)13(12)17-14(18)19/h2-7H,1H3,(H,17,19). The van der Waals surface area contributed by atoms with Crippen molar-refractivity contribution in [2.45, 2.75) is 6.92 Å². The monoisotopic (exact) mass is 292 g/mol. The first-order chi connectivity index (χ1) is 9.08. The van der Waals surface area contributed by atoms with Crippen LogP contribution >= 0.6 is 23.8 Å². The second kappa shape index (κ2) is 4.47. The van der Waals surface area contributed by atoms with E-state index in [9.17, 15) is 4.39 Å². The fraction of sp³-hybridized carbons (Fsp3) is 0.0714. The van der Waals surface area contributed by atoms with E-state index in [0.717, 1.165) is 11.3 Å². The fourth-order valence-corrected chi connectivity index (χ4v) is 2.75. The first kappa shape index (κ1) is 12.4. The summed E-state index contributed by atoms with van der Waals surface area (Å²) < 4.78 is 15.9. The molecule has 19 heavy (non-hydrogen) atoms. The van der Waals surface area contributed by atoms with Crippen molar-refractivity contribution in [3.05, 3.63) is 57.6 Å². The maximum atomic E-state index is 13.7. The Labute approximate surface area is 119 Å². The Morgan fingerprint density at radius 3 is 2.79 bits per heavy atom. The number of aromatic amines is 1. The third kappa shape index (κ3) is 1.97. The van der Waals surface area contributed by atoms with Crippen molar-refractivity contribution in [2.75, 3.05) is 0 Å². The van der Waals surface area contributed by atoms with E-state index in [1.165, 1.54) is 6.07 Å². The zero-order chi connectivity index (χ0) is 13.6. The third-order valence-electron chi connectivity index (χ3n) is 3.01. The molecule has 0 saturated carbocycles. The van der Waals surface area contributed by atoms with E-state index >= 15 is 0 Å². The molecule has 5 heteroatoms. The van der Waals surface area contributed by atoms with Crippen LogP contribution in [0.4, 0.5) is 4.39 Å². The van der Waals surface area contributed by atoms with Gasteiger partial charge in [0, 0.05) is 0 Å². The lowest BCUT2D eigenvalue weighted by Gasteiger charge is -2.07. The quantitative estimate of drug-likeness (QED) is 0.640. The van der Waals surface area contributed by atoms with Crippen molar-refractivity contribution >= 4 is 34.9 Å². The summed E-state index contributed by atoms with van der Waals surface area (Å²) in [7, 11) is 0. The summed E-state index contributed by atoms with van der Waals surface area (Å²) in [5, 5.41) is 0.585. The molecule has 0 fully saturated rings. The van der Waals surface area contributed by atoms with Crippen LogP contribution in [0.25, 0.3) is 16.7 Å². The van der Waals surface area contributed by atoms with Gasteiger partial charge in [0.25, 0.3) is 0 Å². The topological polar surface area (TPSA) is 20.7 Å². The van der Waals surface area contributed by atoms with Crippen LogP contribution in [-0.4, -0.2) is 9.55 Å². The number of nitrogens with zero attached hydrogens (tertiary/aromatic N) is 1. The normalized spacial score (nSPS) is 11.1. The minimum Gasteiger partial charge on any atom is -0.328 e. The van der Waals surface area contributed by atoms with Crippen LogP contribution in [0.5, 0.6) is 0 Å².